The lowest BCUT2D eigenvalue weighted by Crippen LogP contribution is -2.24. The summed E-state index contributed by atoms with van der Waals surface area (Å²) in [7, 11) is 4.52. The van der Waals surface area contributed by atoms with Crippen LogP contribution in [0, 0.1) is 0 Å². The van der Waals surface area contributed by atoms with Crippen molar-refractivity contribution in [3.8, 4) is 17.2 Å². The standard InChI is InChI=1S/C13H16N6O5/c1-21-8-5-10(23-3)9(22-2)4-7(8)6-15-17-13(20)16-12-11(14)18-24-19-12/h4-6H,1-3H3,(H2,14,18)(H2,16,17,19,20)/b15-6+. The highest BCUT2D eigenvalue weighted by Crippen LogP contribution is 2.33. The predicted octanol–water partition coefficient (Wildman–Crippen LogP) is 0.833. The van der Waals surface area contributed by atoms with Crippen LogP contribution in [0.5, 0.6) is 17.2 Å². The molecular weight excluding hydrogens is 320 g/mol. The van der Waals surface area contributed by atoms with Crippen LogP contribution in [0.2, 0.25) is 0 Å². The highest BCUT2D eigenvalue weighted by molar-refractivity contribution is 5.92. The molecule has 2 rings (SSSR count). The summed E-state index contributed by atoms with van der Waals surface area (Å²) in [6.45, 7) is 0. The Morgan fingerprint density at radius 2 is 1.83 bits per heavy atom. The number of nitrogens with one attached hydrogen (secondary N) is 2. The topological polar surface area (TPSA) is 146 Å². The number of rotatable bonds is 6. The lowest BCUT2D eigenvalue weighted by molar-refractivity contribution is 0.252. The molecule has 0 spiro atoms. The molecule has 0 bridgehead atoms. The Morgan fingerprint density at radius 1 is 1.17 bits per heavy atom. The second kappa shape index (κ2) is 7.67. The molecule has 0 aliphatic heterocycles. The number of hydrogen-bond donors (Lipinski definition) is 3. The smallest absolute Gasteiger partial charge is 0.340 e. The fourth-order valence-corrected chi connectivity index (χ4v) is 1.73. The van der Waals surface area contributed by atoms with E-state index >= 15 is 0 Å². The number of methoxy groups -OCH3 is 3. The Hall–Kier alpha value is -3.50. The van der Waals surface area contributed by atoms with Crippen LogP contribution in [-0.4, -0.2) is 43.9 Å². The van der Waals surface area contributed by atoms with Crippen molar-refractivity contribution >= 4 is 23.9 Å². The van der Waals surface area contributed by atoms with Gasteiger partial charge in [0.05, 0.1) is 27.5 Å². The van der Waals surface area contributed by atoms with Crippen molar-refractivity contribution in [1.82, 2.24) is 15.7 Å². The van der Waals surface area contributed by atoms with Gasteiger partial charge in [-0.25, -0.2) is 14.8 Å². The van der Waals surface area contributed by atoms with Crippen molar-refractivity contribution in [2.45, 2.75) is 0 Å². The number of carbonyl (C=O) groups is 1. The summed E-state index contributed by atoms with van der Waals surface area (Å²) < 4.78 is 20.0. The first-order valence-electron chi connectivity index (χ1n) is 6.57. The maximum atomic E-state index is 11.7. The lowest BCUT2D eigenvalue weighted by Gasteiger charge is -2.11. The number of hydrazone groups is 1. The Morgan fingerprint density at radius 3 is 2.42 bits per heavy atom. The van der Waals surface area contributed by atoms with Gasteiger partial charge in [-0.15, -0.1) is 0 Å². The molecule has 0 aliphatic carbocycles. The lowest BCUT2D eigenvalue weighted by atomic mass is 10.2. The number of anilines is 2. The third kappa shape index (κ3) is 3.82. The minimum atomic E-state index is -0.673. The number of nitrogen functional groups attached to an aromatic ring is 1. The number of ether oxygens (including phenoxy) is 3. The van der Waals surface area contributed by atoms with Crippen LogP contribution in [0.3, 0.4) is 0 Å². The van der Waals surface area contributed by atoms with Gasteiger partial charge in [-0.1, -0.05) is 0 Å². The molecule has 1 aromatic heterocycles. The zero-order chi connectivity index (χ0) is 17.5. The number of carbonyl (C=O) groups excluding carboxylic acids is 1. The number of benzene rings is 1. The highest BCUT2D eigenvalue weighted by atomic mass is 16.6. The second-order valence-corrected chi connectivity index (χ2v) is 4.27. The second-order valence-electron chi connectivity index (χ2n) is 4.27. The van der Waals surface area contributed by atoms with Gasteiger partial charge in [-0.3, -0.25) is 5.32 Å². The molecule has 0 saturated heterocycles. The Balaban J connectivity index is 2.08. The summed E-state index contributed by atoms with van der Waals surface area (Å²) in [6.07, 6.45) is 1.38. The van der Waals surface area contributed by atoms with Crippen LogP contribution < -0.4 is 30.7 Å². The van der Waals surface area contributed by atoms with Gasteiger partial charge >= 0.3 is 6.03 Å². The molecule has 1 aromatic carbocycles. The summed E-state index contributed by atoms with van der Waals surface area (Å²) >= 11 is 0. The Kier molecular flexibility index (Phi) is 5.39. The molecule has 4 N–H and O–H groups in total. The maximum absolute atomic E-state index is 11.7. The molecule has 0 atom stereocenters. The maximum Gasteiger partial charge on any atom is 0.340 e. The van der Waals surface area contributed by atoms with Crippen molar-refractivity contribution in [2.24, 2.45) is 5.10 Å². The minimum absolute atomic E-state index is 0.00797. The number of amides is 2. The highest BCUT2D eigenvalue weighted by Gasteiger charge is 2.11. The van der Waals surface area contributed by atoms with Gasteiger partial charge in [0.15, 0.2) is 11.5 Å². The largest absolute Gasteiger partial charge is 0.496 e. The van der Waals surface area contributed by atoms with Crippen LogP contribution in [0.1, 0.15) is 5.56 Å². The van der Waals surface area contributed by atoms with E-state index in [1.807, 2.05) is 0 Å². The molecule has 2 amide bonds. The molecule has 0 saturated carbocycles. The van der Waals surface area contributed by atoms with E-state index in [-0.39, 0.29) is 11.6 Å². The van der Waals surface area contributed by atoms with Crippen LogP contribution in [0.4, 0.5) is 16.4 Å². The zero-order valence-corrected chi connectivity index (χ0v) is 13.2. The van der Waals surface area contributed by atoms with Crippen molar-refractivity contribution in [3.05, 3.63) is 17.7 Å². The third-order valence-electron chi connectivity index (χ3n) is 2.85. The van der Waals surface area contributed by atoms with Crippen molar-refractivity contribution in [3.63, 3.8) is 0 Å². The number of nitrogens with zero attached hydrogens (tertiary/aromatic N) is 3. The van der Waals surface area contributed by atoms with E-state index in [0.717, 1.165) is 0 Å². The summed E-state index contributed by atoms with van der Waals surface area (Å²) in [5, 5.41) is 12.9. The third-order valence-corrected chi connectivity index (χ3v) is 2.85. The van der Waals surface area contributed by atoms with E-state index in [1.165, 1.54) is 27.5 Å². The summed E-state index contributed by atoms with van der Waals surface area (Å²) in [6, 6.07) is 2.62. The number of aromatic nitrogens is 2. The van der Waals surface area contributed by atoms with E-state index in [9.17, 15) is 4.79 Å². The van der Waals surface area contributed by atoms with Gasteiger partial charge in [0.25, 0.3) is 0 Å². The van der Waals surface area contributed by atoms with Crippen molar-refractivity contribution < 1.29 is 23.6 Å². The summed E-state index contributed by atoms with van der Waals surface area (Å²) in [5.41, 5.74) is 8.22. The van der Waals surface area contributed by atoms with Crippen molar-refractivity contribution in [2.75, 3.05) is 32.4 Å². The summed E-state index contributed by atoms with van der Waals surface area (Å²) in [4.78, 5) is 11.7. The summed E-state index contributed by atoms with van der Waals surface area (Å²) in [5.74, 6) is 1.43. The van der Waals surface area contributed by atoms with E-state index in [1.54, 1.807) is 12.1 Å². The van der Waals surface area contributed by atoms with E-state index in [4.69, 9.17) is 19.9 Å². The first-order chi connectivity index (χ1) is 11.6. The van der Waals surface area contributed by atoms with Gasteiger partial charge in [0.1, 0.15) is 5.75 Å². The van der Waals surface area contributed by atoms with Gasteiger partial charge < -0.3 is 19.9 Å². The number of nitrogens with two attached hydrogens (primary N) is 1. The van der Waals surface area contributed by atoms with Gasteiger partial charge in [0, 0.05) is 11.6 Å². The fourth-order valence-electron chi connectivity index (χ4n) is 1.73. The van der Waals surface area contributed by atoms with Crippen LogP contribution >= 0.6 is 0 Å². The van der Waals surface area contributed by atoms with Gasteiger partial charge in [0.2, 0.25) is 11.6 Å². The molecule has 11 nitrogen and oxygen atoms in total. The van der Waals surface area contributed by atoms with Crippen LogP contribution in [-0.2, 0) is 0 Å². The average molecular weight is 336 g/mol. The molecule has 0 fully saturated rings. The number of hydrogen-bond acceptors (Lipinski definition) is 9. The molecule has 1 heterocycles. The predicted molar refractivity (Wildman–Crippen MR) is 84.6 cm³/mol. The molecule has 128 valence electrons. The van der Waals surface area contributed by atoms with E-state index in [0.29, 0.717) is 22.8 Å². The van der Waals surface area contributed by atoms with Crippen molar-refractivity contribution in [1.29, 1.82) is 0 Å². The molecular formula is C13H16N6O5. The quantitative estimate of drug-likeness (QED) is 0.519. The molecule has 0 unspecified atom stereocenters. The Labute approximate surface area is 136 Å². The Bertz CT molecular complexity index is 744. The number of urea groups is 1. The fraction of sp³-hybridized carbons (Fsp3) is 0.231. The normalized spacial score (nSPS) is 10.5. The SMILES string of the molecule is COc1cc(OC)c(OC)cc1/C=N/NC(=O)Nc1nonc1N. The molecule has 0 aliphatic rings. The van der Waals surface area contributed by atoms with Gasteiger partial charge in [-0.2, -0.15) is 5.10 Å². The van der Waals surface area contributed by atoms with E-state index in [2.05, 4.69) is 30.8 Å². The molecule has 24 heavy (non-hydrogen) atoms. The average Bonchev–Trinajstić information content (AvgIpc) is 2.99. The van der Waals surface area contributed by atoms with Gasteiger partial charge in [-0.05, 0) is 16.4 Å². The van der Waals surface area contributed by atoms with E-state index < -0.39 is 6.03 Å². The monoisotopic (exact) mass is 336 g/mol. The first-order valence-corrected chi connectivity index (χ1v) is 6.57. The van der Waals surface area contributed by atoms with Crippen LogP contribution in [0.15, 0.2) is 21.9 Å². The zero-order valence-electron chi connectivity index (χ0n) is 13.2. The molecule has 11 heteroatoms. The molecule has 0 radical (unpaired) electrons. The first kappa shape index (κ1) is 16.9. The molecule has 2 aromatic rings. The van der Waals surface area contributed by atoms with Crippen LogP contribution in [0.25, 0.3) is 0 Å². The minimum Gasteiger partial charge on any atom is -0.496 e.